The number of fused-ring (bicyclic) bond motifs is 1. The van der Waals surface area contributed by atoms with E-state index in [0.717, 1.165) is 34.9 Å². The molecule has 2 aromatic carbocycles. The number of aromatic nitrogens is 4. The number of benzene rings is 2. The van der Waals surface area contributed by atoms with Crippen molar-refractivity contribution in [3.63, 3.8) is 0 Å². The van der Waals surface area contributed by atoms with Crippen LogP contribution in [0.1, 0.15) is 57.9 Å². The summed E-state index contributed by atoms with van der Waals surface area (Å²) < 4.78 is 36.9. The number of rotatable bonds is 13. The minimum atomic E-state index is -4.24. The second-order valence-electron chi connectivity index (χ2n) is 11.6. The lowest BCUT2D eigenvalue weighted by Gasteiger charge is -2.21. The Bertz CT molecular complexity index is 1850. The lowest BCUT2D eigenvalue weighted by atomic mass is 10.00. The van der Waals surface area contributed by atoms with Crippen molar-refractivity contribution in [1.82, 2.24) is 30.4 Å². The number of hydrogen-bond acceptors (Lipinski definition) is 9. The molecule has 0 aliphatic carbocycles. The molecule has 1 aliphatic rings. The molecular formula is C32H37N7O6S. The summed E-state index contributed by atoms with van der Waals surface area (Å²) in [4.78, 5) is 32.3. The third-order valence-corrected chi connectivity index (χ3v) is 8.82. The zero-order valence-corrected chi connectivity index (χ0v) is 26.9. The number of carboxylic acids is 1. The van der Waals surface area contributed by atoms with Crippen LogP contribution in [0, 0.1) is 19.8 Å². The number of anilines is 1. The zero-order valence-electron chi connectivity index (χ0n) is 26.1. The Labute approximate surface area is 267 Å². The van der Waals surface area contributed by atoms with Crippen LogP contribution in [0.4, 0.5) is 5.95 Å². The SMILES string of the molecule is Cc1cccc(C)c1-c1cc(OCC(CC(C)C)NCc2cc3n(n2)CCNC3=O)nc(NS(=O)(=O)c2cccc(C(=O)O)c2)n1. The Balaban J connectivity index is 1.41. The third kappa shape index (κ3) is 7.69. The summed E-state index contributed by atoms with van der Waals surface area (Å²) in [5.74, 6) is -1.11. The van der Waals surface area contributed by atoms with Gasteiger partial charge in [0.05, 0.1) is 28.4 Å². The van der Waals surface area contributed by atoms with E-state index >= 15 is 0 Å². The highest BCUT2D eigenvalue weighted by Gasteiger charge is 2.22. The van der Waals surface area contributed by atoms with Crippen molar-refractivity contribution in [2.24, 2.45) is 5.92 Å². The fourth-order valence-electron chi connectivity index (χ4n) is 5.36. The fraction of sp³-hybridized carbons (Fsp3) is 0.344. The molecule has 3 heterocycles. The first kappa shape index (κ1) is 32.6. The Morgan fingerprint density at radius 2 is 1.83 bits per heavy atom. The lowest BCUT2D eigenvalue weighted by molar-refractivity contribution is 0.0696. The Morgan fingerprint density at radius 3 is 2.52 bits per heavy atom. The van der Waals surface area contributed by atoms with Gasteiger partial charge in [-0.05, 0) is 61.6 Å². The number of aryl methyl sites for hydroxylation is 2. The van der Waals surface area contributed by atoms with Gasteiger partial charge < -0.3 is 20.5 Å². The summed E-state index contributed by atoms with van der Waals surface area (Å²) in [5.41, 5.74) is 4.25. The molecule has 0 spiro atoms. The molecule has 4 aromatic rings. The van der Waals surface area contributed by atoms with Crippen LogP contribution in [-0.2, 0) is 23.1 Å². The predicted molar refractivity (Wildman–Crippen MR) is 171 cm³/mol. The van der Waals surface area contributed by atoms with Crippen LogP contribution < -0.4 is 20.1 Å². The highest BCUT2D eigenvalue weighted by molar-refractivity contribution is 7.92. The maximum Gasteiger partial charge on any atom is 0.335 e. The van der Waals surface area contributed by atoms with Crippen molar-refractivity contribution < 1.29 is 27.9 Å². The first-order valence-electron chi connectivity index (χ1n) is 14.9. The number of carbonyl (C=O) groups excluding carboxylic acids is 1. The third-order valence-electron chi connectivity index (χ3n) is 7.49. The van der Waals surface area contributed by atoms with Crippen LogP contribution in [0.2, 0.25) is 0 Å². The van der Waals surface area contributed by atoms with Crippen molar-refractivity contribution in [2.45, 2.75) is 58.1 Å². The molecular weight excluding hydrogens is 610 g/mol. The quantitative estimate of drug-likeness (QED) is 0.167. The summed E-state index contributed by atoms with van der Waals surface area (Å²) in [7, 11) is -4.24. The van der Waals surface area contributed by atoms with Gasteiger partial charge in [-0.2, -0.15) is 10.1 Å². The van der Waals surface area contributed by atoms with Crippen LogP contribution >= 0.6 is 0 Å². The molecule has 5 rings (SSSR count). The number of nitrogens with one attached hydrogen (secondary N) is 3. The van der Waals surface area contributed by atoms with Crippen molar-refractivity contribution in [3.8, 4) is 17.1 Å². The second kappa shape index (κ2) is 13.7. The number of amides is 1. The summed E-state index contributed by atoms with van der Waals surface area (Å²) in [6, 6.07) is 14.2. The maximum absolute atomic E-state index is 13.3. The highest BCUT2D eigenvalue weighted by atomic mass is 32.2. The first-order valence-corrected chi connectivity index (χ1v) is 16.4. The van der Waals surface area contributed by atoms with Crippen LogP contribution in [-0.4, -0.2) is 64.3 Å². The maximum atomic E-state index is 13.3. The van der Waals surface area contributed by atoms with Gasteiger partial charge in [-0.1, -0.05) is 38.1 Å². The lowest BCUT2D eigenvalue weighted by Crippen LogP contribution is -2.36. The van der Waals surface area contributed by atoms with Crippen LogP contribution in [0.15, 0.2) is 59.5 Å². The average Bonchev–Trinajstić information content (AvgIpc) is 3.43. The second-order valence-corrected chi connectivity index (χ2v) is 13.3. The van der Waals surface area contributed by atoms with E-state index in [4.69, 9.17) is 4.74 Å². The molecule has 0 fully saturated rings. The molecule has 1 aliphatic heterocycles. The van der Waals surface area contributed by atoms with Gasteiger partial charge in [-0.3, -0.25) is 9.48 Å². The molecule has 2 aromatic heterocycles. The van der Waals surface area contributed by atoms with Gasteiger partial charge >= 0.3 is 5.97 Å². The van der Waals surface area contributed by atoms with Gasteiger partial charge in [0.25, 0.3) is 15.9 Å². The molecule has 13 nitrogen and oxygen atoms in total. The minimum Gasteiger partial charge on any atom is -0.478 e. The Kier molecular flexibility index (Phi) is 9.68. The van der Waals surface area contributed by atoms with Crippen LogP contribution in [0.25, 0.3) is 11.3 Å². The minimum absolute atomic E-state index is 0.120. The van der Waals surface area contributed by atoms with E-state index in [9.17, 15) is 23.1 Å². The molecule has 0 bridgehead atoms. The molecule has 0 saturated carbocycles. The standard InChI is InChI=1S/C32H37N7O6S/c1-19(2)13-24(34-17-23-15-27-30(40)33-11-12-39(27)37-23)18-45-28-16-26(29-20(3)7-5-8-21(29)4)35-32(36-28)38-46(43,44)25-10-6-9-22(14-25)31(41)42/h5-10,14-16,19,24,34H,11-13,17-18H2,1-4H3,(H,33,40)(H,41,42)(H,35,36,38). The number of aromatic carboxylic acids is 1. The van der Waals surface area contributed by atoms with Crippen molar-refractivity contribution in [1.29, 1.82) is 0 Å². The topological polar surface area (TPSA) is 177 Å². The van der Waals surface area contributed by atoms with Gasteiger partial charge in [-0.25, -0.2) is 22.9 Å². The van der Waals surface area contributed by atoms with E-state index in [2.05, 4.69) is 44.3 Å². The number of carboxylic acid groups (broad SMARTS) is 1. The zero-order chi connectivity index (χ0) is 33.0. The molecule has 1 atom stereocenters. The summed E-state index contributed by atoms with van der Waals surface area (Å²) in [6.07, 6.45) is 0.766. The van der Waals surface area contributed by atoms with Gasteiger partial charge in [0.1, 0.15) is 12.3 Å². The van der Waals surface area contributed by atoms with Crippen molar-refractivity contribution in [3.05, 3.63) is 82.7 Å². The molecule has 1 unspecified atom stereocenters. The number of carbonyl (C=O) groups is 2. The van der Waals surface area contributed by atoms with Gasteiger partial charge in [0, 0.05) is 30.8 Å². The summed E-state index contributed by atoms with van der Waals surface area (Å²) in [6.45, 7) is 9.87. The number of nitrogens with zero attached hydrogens (tertiary/aromatic N) is 4. The van der Waals surface area contributed by atoms with Crippen LogP contribution in [0.3, 0.4) is 0 Å². The number of hydrogen-bond donors (Lipinski definition) is 4. The highest BCUT2D eigenvalue weighted by Crippen LogP contribution is 2.29. The molecule has 0 radical (unpaired) electrons. The van der Waals surface area contributed by atoms with Crippen molar-refractivity contribution in [2.75, 3.05) is 17.9 Å². The molecule has 14 heteroatoms. The van der Waals surface area contributed by atoms with E-state index < -0.39 is 16.0 Å². The smallest absolute Gasteiger partial charge is 0.335 e. The Hall–Kier alpha value is -4.82. The predicted octanol–water partition coefficient (Wildman–Crippen LogP) is 3.78. The largest absolute Gasteiger partial charge is 0.478 e. The normalized spacial score (nSPS) is 13.6. The fourth-order valence-corrected chi connectivity index (χ4v) is 6.35. The summed E-state index contributed by atoms with van der Waals surface area (Å²) in [5, 5.41) is 20.2. The van der Waals surface area contributed by atoms with Gasteiger partial charge in [0.2, 0.25) is 11.8 Å². The summed E-state index contributed by atoms with van der Waals surface area (Å²) >= 11 is 0. The van der Waals surface area contributed by atoms with Gasteiger partial charge in [0.15, 0.2) is 0 Å². The van der Waals surface area contributed by atoms with E-state index in [-0.39, 0.29) is 40.8 Å². The molecule has 1 amide bonds. The molecule has 0 saturated heterocycles. The van der Waals surface area contributed by atoms with Crippen molar-refractivity contribution >= 4 is 27.8 Å². The monoisotopic (exact) mass is 647 g/mol. The Morgan fingerprint density at radius 1 is 1.09 bits per heavy atom. The van der Waals surface area contributed by atoms with E-state index in [0.29, 0.717) is 36.9 Å². The average molecular weight is 648 g/mol. The molecule has 242 valence electrons. The molecule has 4 N–H and O–H groups in total. The van der Waals surface area contributed by atoms with E-state index in [1.54, 1.807) is 16.8 Å². The van der Waals surface area contributed by atoms with Crippen LogP contribution in [0.5, 0.6) is 5.88 Å². The number of sulfonamides is 1. The number of ether oxygens (including phenoxy) is 1. The van der Waals surface area contributed by atoms with E-state index in [1.807, 2.05) is 32.0 Å². The molecule has 46 heavy (non-hydrogen) atoms. The van der Waals surface area contributed by atoms with E-state index in [1.165, 1.54) is 18.2 Å². The van der Waals surface area contributed by atoms with Gasteiger partial charge in [-0.15, -0.1) is 0 Å². The first-order chi connectivity index (χ1) is 21.9.